The standard InChI is InChI=1S/C96H183N5O24P2.Gd.2H3N/c1-5-9-13-17-21-25-29-33-37-41-45-49-53-57-61-65-93(110)118-82-86(124-95(112)67-63-59-55-51-47-43-39-35-31-27-23-19-15-11-7-3)84-122-126(114,115)120-75-69-97-88(102)77-100(80-91(106)107)73-71-99(79-90(104)105)72-74-101(81-92(108)109)78-89(103)98-70-76-121-127(116,117)123-85-87(125-96(113)68-64-60-56-52-48-44-40-36-32-28-24-20-16-12-8-4)83-119-94(111)66-62-58-54-50-46-42-38-34-30-26-22-18-14-10-6-2;;;/h86-87H,5-85H2,1-4H3,(H,97,102)(H,98,103)(H,104,105)(H,106,107)(H,108,109)(H,114,115)(H,116,117);;2*1H3/q;+3;;/p-3/t86-,87-;;;/m1.../s1. The molecule has 0 bridgehead atoms. The average Bonchev–Trinajstić information content (AvgIpc) is 0.908. The molecule has 0 saturated heterocycles. The van der Waals surface area contributed by atoms with Gasteiger partial charge in [-0.1, -0.05) is 387 Å². The maximum Gasteiger partial charge on any atom is 3.00 e. The summed E-state index contributed by atoms with van der Waals surface area (Å²) in [4.78, 5) is 143. The van der Waals surface area contributed by atoms with Crippen LogP contribution in [0, 0.1) is 39.9 Å². The van der Waals surface area contributed by atoms with Crippen LogP contribution in [0.5, 0.6) is 0 Å². The molecule has 31 nitrogen and oxygen atoms in total. The molecule has 0 rings (SSSR count). The van der Waals surface area contributed by atoms with Gasteiger partial charge in [-0.3, -0.25) is 52.6 Å². The fourth-order valence-electron chi connectivity index (χ4n) is 15.2. The van der Waals surface area contributed by atoms with Crippen LogP contribution in [-0.2, 0) is 89.3 Å². The van der Waals surface area contributed by atoms with E-state index >= 15 is 0 Å². The number of hydrogen-bond donors (Lipinski definition) is 4. The molecule has 0 aromatic rings. The van der Waals surface area contributed by atoms with Crippen LogP contribution in [0.2, 0.25) is 0 Å². The SMILES string of the molecule is CCCCCCCCCCCCCCCCCC(=O)OC[C@H](COP(=O)([O-])OCCNC(=O)CN(CCN(CCN(CC(=O)[O-])CC(=O)NCCOP(=O)([O-])OC[C@@H](COC(=O)CCCCCCCCCCCCCCCCC)OC(=O)CCCCCCCCCCCCCCCCC)CC(=O)[O-])CC(=O)[O-])OC(=O)CCCCCCCCCCCCCCCCC.[Gd+3].[NH4+].[NH4+]. The number of ether oxygens (including phenoxy) is 4. The van der Waals surface area contributed by atoms with E-state index in [-0.39, 0.29) is 104 Å². The third-order valence-corrected chi connectivity index (χ3v) is 24.8. The molecule has 1 radical (unpaired) electrons. The van der Waals surface area contributed by atoms with Crippen LogP contribution in [-0.4, -0.2) is 192 Å². The Hall–Kier alpha value is -3.43. The number of nitrogens with zero attached hydrogens (tertiary/aromatic N) is 3. The van der Waals surface area contributed by atoms with E-state index in [1.54, 1.807) is 0 Å². The average molecular weight is 2040 g/mol. The molecular formula is C96H186GdN7O24P2. The van der Waals surface area contributed by atoms with Gasteiger partial charge in [-0.15, -0.1) is 0 Å². The number of hydrogen-bond acceptors (Lipinski definition) is 27. The minimum absolute atomic E-state index is 0. The van der Waals surface area contributed by atoms with Crippen molar-refractivity contribution in [3.8, 4) is 0 Å². The number of esters is 4. The number of phosphoric ester groups is 2. The summed E-state index contributed by atoms with van der Waals surface area (Å²) >= 11 is 0. The summed E-state index contributed by atoms with van der Waals surface area (Å²) < 4.78 is 68.2. The van der Waals surface area contributed by atoms with E-state index in [4.69, 9.17) is 37.0 Å². The normalized spacial score (nSPS) is 12.7. The van der Waals surface area contributed by atoms with E-state index in [0.717, 1.165) is 113 Å². The molecule has 2 amide bonds. The number of carboxylic acid groups (broad SMARTS) is 3. The second-order valence-corrected chi connectivity index (χ2v) is 37.9. The molecule has 4 atom stereocenters. The van der Waals surface area contributed by atoms with Crippen LogP contribution in [0.25, 0.3) is 0 Å². The summed E-state index contributed by atoms with van der Waals surface area (Å²) in [5.41, 5.74) is 0. The fourth-order valence-corrected chi connectivity index (χ4v) is 16.7. The molecule has 0 heterocycles. The smallest absolute Gasteiger partial charge is 0.756 e. The molecular weight excluding hydrogens is 1850 g/mol. The second-order valence-electron chi connectivity index (χ2n) is 35.1. The number of quaternary nitrogens is 2. The van der Waals surface area contributed by atoms with Gasteiger partial charge in [0.25, 0.3) is 15.6 Å². The summed E-state index contributed by atoms with van der Waals surface area (Å²) in [6, 6.07) is 0. The van der Waals surface area contributed by atoms with Gasteiger partial charge >= 0.3 is 63.8 Å². The molecule has 0 aliphatic carbocycles. The minimum atomic E-state index is -5.15. The Balaban J connectivity index is -0.0000265. The Labute approximate surface area is 818 Å². The van der Waals surface area contributed by atoms with E-state index in [1.807, 2.05) is 0 Å². The molecule has 0 aliphatic heterocycles. The van der Waals surface area contributed by atoms with Crippen LogP contribution >= 0.6 is 15.6 Å². The molecule has 0 spiro atoms. The fraction of sp³-hybridized carbons (Fsp3) is 0.906. The third-order valence-electron chi connectivity index (χ3n) is 22.8. The zero-order chi connectivity index (χ0) is 93.4. The number of phosphoric acid groups is 2. The van der Waals surface area contributed by atoms with Gasteiger partial charge < -0.3 is 99.5 Å². The van der Waals surface area contributed by atoms with E-state index < -0.39 is 167 Å². The van der Waals surface area contributed by atoms with Crippen LogP contribution in [0.1, 0.15) is 439 Å². The summed E-state index contributed by atoms with van der Waals surface area (Å²) in [5, 5.41) is 40.5. The molecule has 2 unspecified atom stereocenters. The maximum absolute atomic E-state index is 13.1. The van der Waals surface area contributed by atoms with Crippen molar-refractivity contribution in [3.63, 3.8) is 0 Å². The van der Waals surface area contributed by atoms with Crippen molar-refractivity contribution >= 4 is 69.2 Å². The van der Waals surface area contributed by atoms with Gasteiger partial charge in [0, 0.05) is 84.6 Å². The molecule has 0 saturated carbocycles. The minimum Gasteiger partial charge on any atom is -0.756 e. The van der Waals surface area contributed by atoms with Crippen LogP contribution in [0.15, 0.2) is 0 Å². The van der Waals surface area contributed by atoms with Crippen molar-refractivity contribution in [2.45, 2.75) is 451 Å². The Morgan fingerprint density at radius 3 is 0.677 bits per heavy atom. The van der Waals surface area contributed by atoms with Crippen molar-refractivity contribution in [2.24, 2.45) is 0 Å². The van der Waals surface area contributed by atoms with E-state index in [2.05, 4.69) is 38.3 Å². The number of carboxylic acids is 3. The third kappa shape index (κ3) is 96.3. The van der Waals surface area contributed by atoms with Gasteiger partial charge in [0.1, 0.15) is 13.2 Å². The number of aliphatic carboxylic acids is 3. The zero-order valence-corrected chi connectivity index (χ0v) is 86.4. The zero-order valence-electron chi connectivity index (χ0n) is 82.3. The Morgan fingerprint density at radius 1 is 0.269 bits per heavy atom. The molecule has 0 aromatic carbocycles. The topological polar surface area (TPSA) is 484 Å². The summed E-state index contributed by atoms with van der Waals surface area (Å²) in [5.74, 6) is -8.71. The number of unbranched alkanes of at least 4 members (excludes halogenated alkanes) is 56. The number of nitrogens with one attached hydrogen (secondary N) is 2. The van der Waals surface area contributed by atoms with Gasteiger partial charge in [0.15, 0.2) is 12.2 Å². The summed E-state index contributed by atoms with van der Waals surface area (Å²) in [6.45, 7) is -0.399. The Bertz CT molecular complexity index is 2630. The summed E-state index contributed by atoms with van der Waals surface area (Å²) in [6.07, 6.45) is 67.2. The number of carbonyl (C=O) groups excluding carboxylic acids is 9. The number of amides is 2. The summed E-state index contributed by atoms with van der Waals surface area (Å²) in [7, 11) is -10.3. The van der Waals surface area contributed by atoms with Crippen LogP contribution < -0.4 is 48.0 Å². The molecule has 0 fully saturated rings. The van der Waals surface area contributed by atoms with Crippen molar-refractivity contribution in [2.75, 3.05) is 112 Å². The predicted molar refractivity (Wildman–Crippen MR) is 501 cm³/mol. The first-order valence-corrected chi connectivity index (χ1v) is 53.5. The number of carbonyl (C=O) groups is 9. The quantitative estimate of drug-likeness (QED) is 0.0190. The van der Waals surface area contributed by atoms with E-state index in [1.165, 1.54) is 262 Å². The van der Waals surface area contributed by atoms with Gasteiger partial charge in [-0.05, 0) is 25.7 Å². The molecule has 0 aliphatic rings. The number of rotatable bonds is 100. The molecule has 10 N–H and O–H groups in total. The Kier molecular flexibility index (Phi) is 99.4. The van der Waals surface area contributed by atoms with E-state index in [0.29, 0.717) is 25.7 Å². The van der Waals surface area contributed by atoms with Gasteiger partial charge in [0.05, 0.1) is 57.4 Å². The van der Waals surface area contributed by atoms with Crippen molar-refractivity contribution in [1.82, 2.24) is 37.6 Å². The monoisotopic (exact) mass is 2040 g/mol. The van der Waals surface area contributed by atoms with Gasteiger partial charge in [-0.2, -0.15) is 0 Å². The first-order chi connectivity index (χ1) is 61.4. The Morgan fingerprint density at radius 2 is 0.462 bits per heavy atom. The van der Waals surface area contributed by atoms with Crippen molar-refractivity contribution < 1.29 is 154 Å². The first kappa shape index (κ1) is 133. The van der Waals surface area contributed by atoms with Gasteiger partial charge in [-0.25, -0.2) is 0 Å². The maximum atomic E-state index is 13.1. The van der Waals surface area contributed by atoms with Crippen molar-refractivity contribution in [3.05, 3.63) is 0 Å². The molecule has 767 valence electrons. The molecule has 0 aromatic heterocycles. The van der Waals surface area contributed by atoms with Crippen LogP contribution in [0.3, 0.4) is 0 Å². The largest absolute Gasteiger partial charge is 3.00 e. The molecule has 34 heteroatoms. The second kappa shape index (κ2) is 97.2. The first-order valence-electron chi connectivity index (χ1n) is 50.6. The van der Waals surface area contributed by atoms with Crippen LogP contribution in [0.4, 0.5) is 0 Å². The van der Waals surface area contributed by atoms with E-state index in [9.17, 15) is 77.4 Å². The van der Waals surface area contributed by atoms with Gasteiger partial charge in [0.2, 0.25) is 11.8 Å². The predicted octanol–water partition coefficient (Wildman–Crippen LogP) is 17.1. The van der Waals surface area contributed by atoms with Crippen molar-refractivity contribution in [1.29, 1.82) is 0 Å². The molecule has 130 heavy (non-hydrogen) atoms.